The Hall–Kier alpha value is -1.81. The van der Waals surface area contributed by atoms with Crippen LogP contribution < -0.4 is 4.90 Å². The van der Waals surface area contributed by atoms with Crippen LogP contribution in [0.3, 0.4) is 0 Å². The van der Waals surface area contributed by atoms with Crippen molar-refractivity contribution in [2.75, 3.05) is 31.1 Å². The second-order valence-electron chi connectivity index (χ2n) is 4.72. The highest BCUT2D eigenvalue weighted by atomic mass is 16.3. The first-order valence-corrected chi connectivity index (χ1v) is 7.24. The Balaban J connectivity index is 2.04. The third-order valence-corrected chi connectivity index (χ3v) is 3.48. The van der Waals surface area contributed by atoms with Crippen LogP contribution in [0.25, 0.3) is 0 Å². The number of rotatable bonds is 8. The summed E-state index contributed by atoms with van der Waals surface area (Å²) in [6, 6.07) is 9.95. The molecule has 0 saturated carbocycles. The van der Waals surface area contributed by atoms with Gasteiger partial charge in [0.15, 0.2) is 0 Å². The van der Waals surface area contributed by atoms with Crippen LogP contribution in [-0.4, -0.2) is 36.1 Å². The van der Waals surface area contributed by atoms with Gasteiger partial charge in [-0.05, 0) is 37.4 Å². The standard InChI is InChI=1S/C16H23N3O/c1-3-18(4-2)11-12-19(14-15-8-7-13-20-15)16-9-5-6-10-17-16/h5-10,13H,3-4,11-12,14H2,1-2H3. The molecule has 2 heterocycles. The second kappa shape index (κ2) is 7.70. The molecule has 0 spiro atoms. The monoisotopic (exact) mass is 273 g/mol. The summed E-state index contributed by atoms with van der Waals surface area (Å²) in [6.45, 7) is 9.28. The molecule has 0 amide bonds. The molecule has 2 aromatic rings. The minimum absolute atomic E-state index is 0.755. The van der Waals surface area contributed by atoms with Crippen LogP contribution in [0, 0.1) is 0 Å². The molecule has 0 fully saturated rings. The number of hydrogen-bond acceptors (Lipinski definition) is 4. The Morgan fingerprint density at radius 1 is 1.05 bits per heavy atom. The predicted octanol–water partition coefficient (Wildman–Crippen LogP) is 3.02. The molecule has 4 nitrogen and oxygen atoms in total. The van der Waals surface area contributed by atoms with Gasteiger partial charge in [0.2, 0.25) is 0 Å². The molecular weight excluding hydrogens is 250 g/mol. The Kier molecular flexibility index (Phi) is 5.62. The molecule has 2 rings (SSSR count). The van der Waals surface area contributed by atoms with Gasteiger partial charge < -0.3 is 14.2 Å². The molecule has 0 unspecified atom stereocenters. The van der Waals surface area contributed by atoms with E-state index in [2.05, 4.69) is 28.6 Å². The van der Waals surface area contributed by atoms with E-state index in [1.807, 2.05) is 36.5 Å². The van der Waals surface area contributed by atoms with E-state index in [1.165, 1.54) is 0 Å². The molecule has 0 aromatic carbocycles. The van der Waals surface area contributed by atoms with Crippen LogP contribution in [-0.2, 0) is 6.54 Å². The molecule has 20 heavy (non-hydrogen) atoms. The molecule has 4 heteroatoms. The Labute approximate surface area is 121 Å². The molecule has 0 aliphatic rings. The maximum absolute atomic E-state index is 5.46. The zero-order chi connectivity index (χ0) is 14.2. The topological polar surface area (TPSA) is 32.5 Å². The van der Waals surface area contributed by atoms with E-state index in [0.29, 0.717) is 0 Å². The van der Waals surface area contributed by atoms with Gasteiger partial charge >= 0.3 is 0 Å². The molecule has 0 aliphatic heterocycles. The molecule has 0 saturated heterocycles. The molecule has 0 bridgehead atoms. The smallest absolute Gasteiger partial charge is 0.128 e. The van der Waals surface area contributed by atoms with Crippen molar-refractivity contribution in [1.29, 1.82) is 0 Å². The Morgan fingerprint density at radius 2 is 1.90 bits per heavy atom. The Morgan fingerprint density at radius 3 is 2.50 bits per heavy atom. The van der Waals surface area contributed by atoms with Crippen LogP contribution >= 0.6 is 0 Å². The van der Waals surface area contributed by atoms with Gasteiger partial charge in [-0.25, -0.2) is 4.98 Å². The first-order chi connectivity index (χ1) is 9.83. The minimum atomic E-state index is 0.755. The first kappa shape index (κ1) is 14.6. The van der Waals surface area contributed by atoms with Gasteiger partial charge in [-0.1, -0.05) is 19.9 Å². The summed E-state index contributed by atoms with van der Waals surface area (Å²) in [5.74, 6) is 1.96. The molecule has 0 radical (unpaired) electrons. The predicted molar refractivity (Wildman–Crippen MR) is 81.8 cm³/mol. The molecule has 0 aliphatic carbocycles. The van der Waals surface area contributed by atoms with Gasteiger partial charge in [-0.15, -0.1) is 0 Å². The maximum atomic E-state index is 5.46. The number of hydrogen-bond donors (Lipinski definition) is 0. The molecule has 2 aromatic heterocycles. The highest BCUT2D eigenvalue weighted by molar-refractivity contribution is 5.38. The summed E-state index contributed by atoms with van der Waals surface area (Å²) in [4.78, 5) is 9.13. The fourth-order valence-corrected chi connectivity index (χ4v) is 2.21. The summed E-state index contributed by atoms with van der Waals surface area (Å²) in [5.41, 5.74) is 0. The third kappa shape index (κ3) is 4.10. The lowest BCUT2D eigenvalue weighted by Crippen LogP contribution is -2.35. The molecule has 0 N–H and O–H groups in total. The van der Waals surface area contributed by atoms with Crippen LogP contribution in [0.15, 0.2) is 47.2 Å². The summed E-state index contributed by atoms with van der Waals surface area (Å²) in [6.07, 6.45) is 3.55. The summed E-state index contributed by atoms with van der Waals surface area (Å²) in [7, 11) is 0. The van der Waals surface area contributed by atoms with Gasteiger partial charge in [0.1, 0.15) is 11.6 Å². The Bertz CT molecular complexity index is 466. The number of furan rings is 1. The number of aromatic nitrogens is 1. The zero-order valence-corrected chi connectivity index (χ0v) is 12.3. The van der Waals surface area contributed by atoms with Gasteiger partial charge in [-0.2, -0.15) is 0 Å². The van der Waals surface area contributed by atoms with Gasteiger partial charge in [-0.3, -0.25) is 0 Å². The summed E-state index contributed by atoms with van der Waals surface area (Å²) in [5, 5.41) is 0. The van der Waals surface area contributed by atoms with Gasteiger partial charge in [0.25, 0.3) is 0 Å². The van der Waals surface area contributed by atoms with Crippen molar-refractivity contribution in [2.45, 2.75) is 20.4 Å². The van der Waals surface area contributed by atoms with E-state index in [-0.39, 0.29) is 0 Å². The average Bonchev–Trinajstić information content (AvgIpc) is 3.01. The zero-order valence-electron chi connectivity index (χ0n) is 12.3. The van der Waals surface area contributed by atoms with E-state index in [0.717, 1.165) is 44.3 Å². The average molecular weight is 273 g/mol. The molecule has 108 valence electrons. The van der Waals surface area contributed by atoms with E-state index in [9.17, 15) is 0 Å². The highest BCUT2D eigenvalue weighted by Crippen LogP contribution is 2.14. The number of pyridine rings is 1. The van der Waals surface area contributed by atoms with Crippen molar-refractivity contribution in [1.82, 2.24) is 9.88 Å². The molecule has 0 atom stereocenters. The quantitative estimate of drug-likeness (QED) is 0.740. The fourth-order valence-electron chi connectivity index (χ4n) is 2.21. The van der Waals surface area contributed by atoms with Crippen LogP contribution in [0.1, 0.15) is 19.6 Å². The highest BCUT2D eigenvalue weighted by Gasteiger charge is 2.11. The number of likely N-dealkylation sites (N-methyl/N-ethyl adjacent to an activating group) is 1. The summed E-state index contributed by atoms with van der Waals surface area (Å²) >= 11 is 0. The van der Waals surface area contributed by atoms with Crippen molar-refractivity contribution >= 4 is 5.82 Å². The van der Waals surface area contributed by atoms with E-state index >= 15 is 0 Å². The molecular formula is C16H23N3O. The largest absolute Gasteiger partial charge is 0.467 e. The van der Waals surface area contributed by atoms with E-state index < -0.39 is 0 Å². The number of anilines is 1. The lowest BCUT2D eigenvalue weighted by atomic mass is 10.3. The normalized spacial score (nSPS) is 10.9. The van der Waals surface area contributed by atoms with Crippen LogP contribution in [0.2, 0.25) is 0 Å². The van der Waals surface area contributed by atoms with Crippen molar-refractivity contribution in [3.63, 3.8) is 0 Å². The van der Waals surface area contributed by atoms with Crippen molar-refractivity contribution in [2.24, 2.45) is 0 Å². The fraction of sp³-hybridized carbons (Fsp3) is 0.438. The third-order valence-electron chi connectivity index (χ3n) is 3.48. The number of nitrogens with zero attached hydrogens (tertiary/aromatic N) is 3. The van der Waals surface area contributed by atoms with Gasteiger partial charge in [0, 0.05) is 19.3 Å². The minimum Gasteiger partial charge on any atom is -0.467 e. The maximum Gasteiger partial charge on any atom is 0.128 e. The van der Waals surface area contributed by atoms with Crippen molar-refractivity contribution < 1.29 is 4.42 Å². The van der Waals surface area contributed by atoms with Gasteiger partial charge in [0.05, 0.1) is 12.8 Å². The lowest BCUT2D eigenvalue weighted by molar-refractivity contribution is 0.308. The van der Waals surface area contributed by atoms with Crippen molar-refractivity contribution in [3.05, 3.63) is 48.6 Å². The van der Waals surface area contributed by atoms with E-state index in [1.54, 1.807) is 6.26 Å². The second-order valence-corrected chi connectivity index (χ2v) is 4.72. The lowest BCUT2D eigenvalue weighted by Gasteiger charge is -2.26. The van der Waals surface area contributed by atoms with Crippen molar-refractivity contribution in [3.8, 4) is 0 Å². The summed E-state index contributed by atoms with van der Waals surface area (Å²) < 4.78 is 5.46. The van der Waals surface area contributed by atoms with Crippen LogP contribution in [0.5, 0.6) is 0 Å². The van der Waals surface area contributed by atoms with Crippen LogP contribution in [0.4, 0.5) is 5.82 Å². The van der Waals surface area contributed by atoms with E-state index in [4.69, 9.17) is 4.42 Å². The first-order valence-electron chi connectivity index (χ1n) is 7.24. The SMILES string of the molecule is CCN(CC)CCN(Cc1ccco1)c1ccccn1.